The first-order valence-electron chi connectivity index (χ1n) is 17.2. The zero-order chi connectivity index (χ0) is 36.9. The van der Waals surface area contributed by atoms with E-state index in [2.05, 4.69) is 12.2 Å². The predicted molar refractivity (Wildman–Crippen MR) is 178 cm³/mol. The van der Waals surface area contributed by atoms with Gasteiger partial charge in [0.2, 0.25) is 5.91 Å². The van der Waals surface area contributed by atoms with Gasteiger partial charge < -0.3 is 34.2 Å². The van der Waals surface area contributed by atoms with E-state index in [1.54, 1.807) is 13.0 Å². The number of allylic oxidation sites excluding steroid dienone is 2. The average Bonchev–Trinajstić information content (AvgIpc) is 3.79. The molecule has 1 aromatic carbocycles. The Morgan fingerprint density at radius 2 is 1.80 bits per heavy atom. The summed E-state index contributed by atoms with van der Waals surface area (Å²) in [4.78, 5) is 66.0. The Hall–Kier alpha value is -4.24. The lowest BCUT2D eigenvalue weighted by atomic mass is 9.87. The lowest BCUT2D eigenvalue weighted by Gasteiger charge is -2.39. The van der Waals surface area contributed by atoms with Crippen LogP contribution in [0.3, 0.4) is 0 Å². The maximum Gasteiger partial charge on any atom is 0.338 e. The van der Waals surface area contributed by atoms with E-state index in [1.807, 2.05) is 26.0 Å². The molecule has 2 N–H and O–H groups in total. The summed E-state index contributed by atoms with van der Waals surface area (Å²) in [6.45, 7) is 7.83. The van der Waals surface area contributed by atoms with Crippen LogP contribution in [0.1, 0.15) is 76.6 Å². The topological polar surface area (TPSA) is 170 Å². The monoisotopic (exact) mass is 712 g/mol. The Balaban J connectivity index is 1.07. The third-order valence-electron chi connectivity index (χ3n) is 9.54. The molecule has 51 heavy (non-hydrogen) atoms. The van der Waals surface area contributed by atoms with Gasteiger partial charge in [0.15, 0.2) is 0 Å². The Bertz CT molecular complexity index is 1550. The lowest BCUT2D eigenvalue weighted by molar-refractivity contribution is -0.202. The maximum atomic E-state index is 13.1. The number of amides is 3. The van der Waals surface area contributed by atoms with Crippen molar-refractivity contribution in [1.82, 2.24) is 10.4 Å². The van der Waals surface area contributed by atoms with Crippen LogP contribution in [0.15, 0.2) is 60.2 Å². The Morgan fingerprint density at radius 1 is 1.12 bits per heavy atom. The number of rotatable bonds is 12. The first-order valence-corrected chi connectivity index (χ1v) is 17.2. The van der Waals surface area contributed by atoms with Gasteiger partial charge >= 0.3 is 11.9 Å². The summed E-state index contributed by atoms with van der Waals surface area (Å²) >= 11 is 0. The van der Waals surface area contributed by atoms with Gasteiger partial charge in [-0.05, 0) is 69.9 Å². The molecule has 4 heterocycles. The molecule has 0 saturated carbocycles. The number of aliphatic hydroxyl groups excluding tert-OH is 1. The van der Waals surface area contributed by atoms with Crippen molar-refractivity contribution >= 4 is 29.7 Å². The Labute approximate surface area is 295 Å². The van der Waals surface area contributed by atoms with Crippen LogP contribution in [0.4, 0.5) is 4.39 Å². The average molecular weight is 713 g/mol. The fourth-order valence-corrected chi connectivity index (χ4v) is 6.43. The molecule has 5 rings (SSSR count). The number of carbonyl (C=O) groups is 5. The van der Waals surface area contributed by atoms with E-state index < -0.39 is 59.6 Å². The Kier molecular flexibility index (Phi) is 12.2. The molecule has 4 aliphatic heterocycles. The molecular formula is C37H45FN2O11. The summed E-state index contributed by atoms with van der Waals surface area (Å²) < 4.78 is 36.3. The first-order chi connectivity index (χ1) is 24.2. The normalized spacial score (nSPS) is 31.7. The Morgan fingerprint density at radius 3 is 2.47 bits per heavy atom. The third kappa shape index (κ3) is 9.97. The second kappa shape index (κ2) is 16.4. The molecule has 1 unspecified atom stereocenters. The van der Waals surface area contributed by atoms with E-state index in [0.717, 1.165) is 5.57 Å². The van der Waals surface area contributed by atoms with E-state index in [0.29, 0.717) is 24.5 Å². The van der Waals surface area contributed by atoms with Crippen LogP contribution >= 0.6 is 0 Å². The van der Waals surface area contributed by atoms with Gasteiger partial charge in [0.25, 0.3) is 11.8 Å². The lowest BCUT2D eigenvalue weighted by Crippen LogP contribution is -2.50. The van der Waals surface area contributed by atoms with Crippen molar-refractivity contribution in [3.63, 3.8) is 0 Å². The zero-order valence-electron chi connectivity index (χ0n) is 29.1. The highest BCUT2D eigenvalue weighted by atomic mass is 19.1. The number of carbonyl (C=O) groups excluding carboxylic acids is 5. The summed E-state index contributed by atoms with van der Waals surface area (Å²) in [5, 5.41) is 14.4. The highest BCUT2D eigenvalue weighted by Gasteiger charge is 2.58. The van der Waals surface area contributed by atoms with Crippen LogP contribution in [0.25, 0.3) is 0 Å². The number of halogens is 1. The predicted octanol–water partition coefficient (Wildman–Crippen LogP) is 3.40. The van der Waals surface area contributed by atoms with Gasteiger partial charge in [-0.25, -0.2) is 14.0 Å². The SMILES string of the molecule is CC(/C=C/[C@H]1O[C@H](CC(=O)ON2C(=O)CCC2=O)C[C@@]2(CO2)[C@@H]1O)=C\C[C@@H]1O[C@H](C)[C@H](NC(=O)C=CC(C)OC(=O)c2ccc(F)cc2)C[C@@H]1C. The molecule has 13 nitrogen and oxygen atoms in total. The molecule has 276 valence electrons. The van der Waals surface area contributed by atoms with Crippen molar-refractivity contribution < 1.29 is 57.3 Å². The van der Waals surface area contributed by atoms with Crippen molar-refractivity contribution in [3.05, 3.63) is 71.6 Å². The van der Waals surface area contributed by atoms with Gasteiger partial charge in [0, 0.05) is 25.3 Å². The molecular weight excluding hydrogens is 667 g/mol. The number of hydrogen-bond acceptors (Lipinski definition) is 11. The molecule has 1 spiro atoms. The quantitative estimate of drug-likeness (QED) is 0.107. The fraction of sp³-hybridized carbons (Fsp3) is 0.541. The summed E-state index contributed by atoms with van der Waals surface area (Å²) in [5.41, 5.74) is 0.290. The number of aliphatic hydroxyl groups is 1. The molecule has 14 heteroatoms. The van der Waals surface area contributed by atoms with Gasteiger partial charge in [0.1, 0.15) is 29.7 Å². The molecule has 1 aromatic rings. The summed E-state index contributed by atoms with van der Waals surface area (Å²) in [5.74, 6) is -3.19. The van der Waals surface area contributed by atoms with Crippen LogP contribution in [0.2, 0.25) is 0 Å². The number of nitrogens with zero attached hydrogens (tertiary/aromatic N) is 1. The molecule has 9 atom stereocenters. The van der Waals surface area contributed by atoms with Crippen LogP contribution in [0.5, 0.6) is 0 Å². The van der Waals surface area contributed by atoms with E-state index in [9.17, 15) is 33.5 Å². The molecule has 0 aromatic heterocycles. The van der Waals surface area contributed by atoms with Crippen LogP contribution in [-0.2, 0) is 43.0 Å². The number of hydroxylamine groups is 2. The number of esters is 1. The number of hydrogen-bond donors (Lipinski definition) is 2. The van der Waals surface area contributed by atoms with Crippen molar-refractivity contribution in [2.75, 3.05) is 6.61 Å². The van der Waals surface area contributed by atoms with Crippen molar-refractivity contribution in [2.24, 2.45) is 5.92 Å². The highest BCUT2D eigenvalue weighted by molar-refractivity contribution is 6.01. The molecule has 0 aliphatic carbocycles. The second-order valence-corrected chi connectivity index (χ2v) is 13.7. The van der Waals surface area contributed by atoms with Crippen molar-refractivity contribution in [2.45, 2.75) is 114 Å². The largest absolute Gasteiger partial charge is 0.455 e. The van der Waals surface area contributed by atoms with E-state index in [-0.39, 0.29) is 61.3 Å². The van der Waals surface area contributed by atoms with E-state index in [1.165, 1.54) is 36.4 Å². The van der Waals surface area contributed by atoms with Gasteiger partial charge in [0.05, 0.1) is 42.9 Å². The minimum absolute atomic E-state index is 0.00135. The smallest absolute Gasteiger partial charge is 0.338 e. The van der Waals surface area contributed by atoms with Gasteiger partial charge in [-0.3, -0.25) is 14.4 Å². The van der Waals surface area contributed by atoms with Crippen LogP contribution in [0, 0.1) is 11.7 Å². The van der Waals surface area contributed by atoms with Crippen LogP contribution < -0.4 is 5.32 Å². The minimum Gasteiger partial charge on any atom is -0.455 e. The van der Waals surface area contributed by atoms with E-state index >= 15 is 0 Å². The zero-order valence-corrected chi connectivity index (χ0v) is 29.1. The highest BCUT2D eigenvalue weighted by Crippen LogP contribution is 2.43. The fourth-order valence-electron chi connectivity index (χ4n) is 6.43. The third-order valence-corrected chi connectivity index (χ3v) is 9.54. The second-order valence-electron chi connectivity index (χ2n) is 13.7. The van der Waals surface area contributed by atoms with Crippen molar-refractivity contribution in [1.29, 1.82) is 0 Å². The van der Waals surface area contributed by atoms with Gasteiger partial charge in [-0.1, -0.05) is 30.7 Å². The van der Waals surface area contributed by atoms with E-state index in [4.69, 9.17) is 23.8 Å². The number of epoxide rings is 1. The molecule has 4 aliphatic rings. The number of ether oxygens (including phenoxy) is 4. The van der Waals surface area contributed by atoms with Crippen LogP contribution in [-0.4, -0.2) is 94.7 Å². The standard InChI is InChI=1S/C37H45FN2O11/c1-21(6-13-30-35(45)37(20-47-37)19-27(50-30)18-34(44)51-40-32(42)15-16-33(40)43)5-12-29-22(2)17-28(24(4)49-29)39-31(41)14-7-23(3)48-36(46)25-8-10-26(38)11-9-25/h5-11,13-14,22-24,27-30,35,45H,12,15-20H2,1-4H3,(H,39,41)/b13-6+,14-7?,21-5+/t22-,23?,24+,27+,28+,29-,30+,35+,37+/m0/s1. The summed E-state index contributed by atoms with van der Waals surface area (Å²) in [7, 11) is 0. The first kappa shape index (κ1) is 38.0. The number of benzene rings is 1. The minimum atomic E-state index is -0.945. The molecule has 0 bridgehead atoms. The molecule has 3 amide bonds. The van der Waals surface area contributed by atoms with Gasteiger partial charge in [-0.15, -0.1) is 5.06 Å². The molecule has 0 radical (unpaired) electrons. The molecule has 4 saturated heterocycles. The molecule has 4 fully saturated rings. The number of nitrogens with one attached hydrogen (secondary N) is 1. The maximum absolute atomic E-state index is 13.1. The van der Waals surface area contributed by atoms with Gasteiger partial charge in [-0.2, -0.15) is 0 Å². The summed E-state index contributed by atoms with van der Waals surface area (Å²) in [6, 6.07) is 4.78. The summed E-state index contributed by atoms with van der Waals surface area (Å²) in [6.07, 6.45) is 6.36. The van der Waals surface area contributed by atoms with Crippen molar-refractivity contribution in [3.8, 4) is 0 Å². The number of imide groups is 1.